The summed E-state index contributed by atoms with van der Waals surface area (Å²) in [6, 6.07) is 8.55. The molecule has 1 aromatic carbocycles. The van der Waals surface area contributed by atoms with E-state index in [-0.39, 0.29) is 11.5 Å². The molecule has 3 aliphatic rings. The average Bonchev–Trinajstić information content (AvgIpc) is 2.17. The van der Waals surface area contributed by atoms with E-state index in [0.29, 0.717) is 5.92 Å². The Bertz CT molecular complexity index is 358. The van der Waals surface area contributed by atoms with Crippen LogP contribution in [0.15, 0.2) is 24.3 Å². The van der Waals surface area contributed by atoms with Crippen molar-refractivity contribution < 1.29 is 5.11 Å². The van der Waals surface area contributed by atoms with Gasteiger partial charge in [-0.05, 0) is 29.9 Å². The summed E-state index contributed by atoms with van der Waals surface area (Å²) in [6.07, 6.45) is 2.15. The Balaban J connectivity index is 2.19. The normalized spacial score (nSPS) is 40.8. The molecular weight excluding hydrogens is 160 g/mol. The van der Waals surface area contributed by atoms with Crippen LogP contribution in [0.4, 0.5) is 0 Å². The van der Waals surface area contributed by atoms with E-state index in [9.17, 15) is 5.11 Å². The first-order valence-corrected chi connectivity index (χ1v) is 4.98. The number of aliphatic hydroxyl groups excluding tert-OH is 1. The largest absolute Gasteiger partial charge is 0.392 e. The van der Waals surface area contributed by atoms with Gasteiger partial charge in [-0.2, -0.15) is 0 Å². The van der Waals surface area contributed by atoms with Gasteiger partial charge in [0.15, 0.2) is 0 Å². The fourth-order valence-electron chi connectivity index (χ4n) is 3.13. The molecule has 0 saturated heterocycles. The average molecular weight is 174 g/mol. The van der Waals surface area contributed by atoms with E-state index < -0.39 is 0 Å². The minimum absolute atomic E-state index is 0.0690. The van der Waals surface area contributed by atoms with E-state index in [1.54, 1.807) is 0 Å². The predicted molar refractivity (Wildman–Crippen MR) is 51.6 cm³/mol. The lowest BCUT2D eigenvalue weighted by atomic mass is 9.51. The first-order valence-electron chi connectivity index (χ1n) is 4.98. The van der Waals surface area contributed by atoms with Crippen molar-refractivity contribution in [3.8, 4) is 0 Å². The van der Waals surface area contributed by atoms with Gasteiger partial charge in [-0.15, -0.1) is 0 Å². The van der Waals surface area contributed by atoms with Crippen LogP contribution in [0.1, 0.15) is 24.5 Å². The Morgan fingerprint density at radius 2 is 2.15 bits per heavy atom. The van der Waals surface area contributed by atoms with Gasteiger partial charge in [0.25, 0.3) is 0 Å². The molecule has 1 nitrogen and oxygen atoms in total. The highest BCUT2D eigenvalue weighted by atomic mass is 16.3. The summed E-state index contributed by atoms with van der Waals surface area (Å²) in [5, 5.41) is 9.93. The lowest BCUT2D eigenvalue weighted by molar-refractivity contribution is -0.0700. The summed E-state index contributed by atoms with van der Waals surface area (Å²) in [6.45, 7) is 2.19. The van der Waals surface area contributed by atoms with Crippen LogP contribution in [-0.2, 0) is 11.8 Å². The molecule has 1 aromatic rings. The van der Waals surface area contributed by atoms with E-state index in [1.165, 1.54) is 17.5 Å². The minimum Gasteiger partial charge on any atom is -0.392 e. The number of aliphatic hydroxyl groups is 1. The summed E-state index contributed by atoms with van der Waals surface area (Å²) in [4.78, 5) is 0. The molecule has 1 heteroatoms. The Morgan fingerprint density at radius 1 is 1.38 bits per heavy atom. The molecule has 2 bridgehead atoms. The third-order valence-corrected chi connectivity index (χ3v) is 3.90. The van der Waals surface area contributed by atoms with E-state index in [4.69, 9.17) is 0 Å². The van der Waals surface area contributed by atoms with Crippen molar-refractivity contribution in [2.45, 2.75) is 31.3 Å². The number of rotatable bonds is 0. The summed E-state index contributed by atoms with van der Waals surface area (Å²) in [7, 11) is 0. The third kappa shape index (κ3) is 0.761. The fraction of sp³-hybridized carbons (Fsp3) is 0.500. The number of hydrogen-bond donors (Lipinski definition) is 1. The van der Waals surface area contributed by atoms with Crippen LogP contribution >= 0.6 is 0 Å². The molecule has 0 aromatic heterocycles. The standard InChI is InChI=1S/C12H14O/c1-12-7-9(11(12)13)6-8-4-2-3-5-10(8)12/h2-5,9,11,13H,6-7H2,1H3/t9-,11?,12-/m0/s1. The highest BCUT2D eigenvalue weighted by molar-refractivity contribution is 5.42. The first kappa shape index (κ1) is 7.57. The van der Waals surface area contributed by atoms with Gasteiger partial charge in [-0.3, -0.25) is 0 Å². The lowest BCUT2D eigenvalue weighted by Gasteiger charge is -2.55. The lowest BCUT2D eigenvalue weighted by Crippen LogP contribution is -2.58. The summed E-state index contributed by atoms with van der Waals surface area (Å²) < 4.78 is 0. The third-order valence-electron chi connectivity index (χ3n) is 3.90. The molecule has 0 radical (unpaired) electrons. The van der Waals surface area contributed by atoms with Gasteiger partial charge in [0.05, 0.1) is 6.10 Å². The van der Waals surface area contributed by atoms with Gasteiger partial charge in [0.1, 0.15) is 0 Å². The van der Waals surface area contributed by atoms with Crippen LogP contribution in [0.25, 0.3) is 0 Å². The molecule has 0 aliphatic heterocycles. The molecule has 1 N–H and O–H groups in total. The molecule has 0 spiro atoms. The van der Waals surface area contributed by atoms with Crippen LogP contribution in [0, 0.1) is 5.92 Å². The Kier molecular flexibility index (Phi) is 1.26. The van der Waals surface area contributed by atoms with Gasteiger partial charge >= 0.3 is 0 Å². The maximum atomic E-state index is 9.93. The van der Waals surface area contributed by atoms with E-state index in [2.05, 4.69) is 31.2 Å². The monoisotopic (exact) mass is 174 g/mol. The maximum absolute atomic E-state index is 9.93. The van der Waals surface area contributed by atoms with Gasteiger partial charge < -0.3 is 5.11 Å². The highest BCUT2D eigenvalue weighted by Gasteiger charge is 2.54. The molecule has 68 valence electrons. The van der Waals surface area contributed by atoms with Crippen LogP contribution in [0.5, 0.6) is 0 Å². The second kappa shape index (κ2) is 2.16. The van der Waals surface area contributed by atoms with Crippen LogP contribution in [0.2, 0.25) is 0 Å². The van der Waals surface area contributed by atoms with Crippen molar-refractivity contribution in [3.05, 3.63) is 35.4 Å². The van der Waals surface area contributed by atoms with E-state index in [0.717, 1.165) is 6.42 Å². The zero-order chi connectivity index (χ0) is 9.05. The summed E-state index contributed by atoms with van der Waals surface area (Å²) in [5.41, 5.74) is 2.90. The second-order valence-electron chi connectivity index (χ2n) is 4.69. The SMILES string of the molecule is C[C@]12C[C@H](Cc3ccccc31)C2O. The molecule has 1 unspecified atom stereocenters. The van der Waals surface area contributed by atoms with Gasteiger partial charge in [0, 0.05) is 5.41 Å². The maximum Gasteiger partial charge on any atom is 0.0665 e. The zero-order valence-electron chi connectivity index (χ0n) is 7.83. The first-order chi connectivity index (χ1) is 6.22. The Labute approximate surface area is 78.4 Å². The highest BCUT2D eigenvalue weighted by Crippen LogP contribution is 2.54. The summed E-state index contributed by atoms with van der Waals surface area (Å²) in [5.74, 6) is 0.528. The molecule has 0 heterocycles. The predicted octanol–water partition coefficient (Wildman–Crippen LogP) is 1.88. The minimum atomic E-state index is -0.0950. The molecular formula is C12H14O. The molecule has 3 aliphatic carbocycles. The fourth-order valence-corrected chi connectivity index (χ4v) is 3.13. The quantitative estimate of drug-likeness (QED) is 0.636. The van der Waals surface area contributed by atoms with E-state index >= 15 is 0 Å². The van der Waals surface area contributed by atoms with Crippen molar-refractivity contribution in [2.75, 3.05) is 0 Å². The topological polar surface area (TPSA) is 20.2 Å². The smallest absolute Gasteiger partial charge is 0.0665 e. The zero-order valence-corrected chi connectivity index (χ0v) is 7.83. The van der Waals surface area contributed by atoms with Crippen LogP contribution in [0.3, 0.4) is 0 Å². The van der Waals surface area contributed by atoms with Crippen molar-refractivity contribution in [2.24, 2.45) is 5.92 Å². The summed E-state index contributed by atoms with van der Waals surface area (Å²) >= 11 is 0. The van der Waals surface area contributed by atoms with E-state index in [1.807, 2.05) is 0 Å². The molecule has 0 amide bonds. The second-order valence-corrected chi connectivity index (χ2v) is 4.69. The van der Waals surface area contributed by atoms with Crippen molar-refractivity contribution in [3.63, 3.8) is 0 Å². The van der Waals surface area contributed by atoms with Gasteiger partial charge in [0.2, 0.25) is 0 Å². The Morgan fingerprint density at radius 3 is 2.92 bits per heavy atom. The van der Waals surface area contributed by atoms with Gasteiger partial charge in [-0.25, -0.2) is 0 Å². The van der Waals surface area contributed by atoms with Crippen LogP contribution in [-0.4, -0.2) is 11.2 Å². The molecule has 3 atom stereocenters. The van der Waals surface area contributed by atoms with Crippen molar-refractivity contribution in [1.29, 1.82) is 0 Å². The molecule has 4 rings (SSSR count). The number of benzene rings is 1. The molecule has 13 heavy (non-hydrogen) atoms. The molecule has 1 fully saturated rings. The van der Waals surface area contributed by atoms with Crippen molar-refractivity contribution >= 4 is 0 Å². The van der Waals surface area contributed by atoms with Crippen LogP contribution < -0.4 is 0 Å². The van der Waals surface area contributed by atoms with Crippen molar-refractivity contribution in [1.82, 2.24) is 0 Å². The van der Waals surface area contributed by atoms with Gasteiger partial charge in [-0.1, -0.05) is 31.2 Å². The Hall–Kier alpha value is -0.820. The number of hydrogen-bond acceptors (Lipinski definition) is 1. The molecule has 1 saturated carbocycles.